The second-order valence-electron chi connectivity index (χ2n) is 10.8. The summed E-state index contributed by atoms with van der Waals surface area (Å²) in [4.78, 5) is 28.3. The van der Waals surface area contributed by atoms with E-state index in [1.165, 1.54) is 29.7 Å². The van der Waals surface area contributed by atoms with E-state index in [1.807, 2.05) is 0 Å². The summed E-state index contributed by atoms with van der Waals surface area (Å²) in [5.74, 6) is -0.220. The van der Waals surface area contributed by atoms with E-state index in [2.05, 4.69) is 16.4 Å². The van der Waals surface area contributed by atoms with Crippen molar-refractivity contribution in [1.29, 1.82) is 5.26 Å². The number of carbonyl (C=O) groups excluding carboxylic acids is 1. The van der Waals surface area contributed by atoms with Gasteiger partial charge in [-0.25, -0.2) is 17.5 Å². The molecule has 0 amide bonds. The summed E-state index contributed by atoms with van der Waals surface area (Å²) < 4.78 is 39.6. The Labute approximate surface area is 232 Å². The Morgan fingerprint density at radius 2 is 2.02 bits per heavy atom. The van der Waals surface area contributed by atoms with Gasteiger partial charge in [0.1, 0.15) is 11.0 Å². The Morgan fingerprint density at radius 1 is 1.32 bits per heavy atom. The predicted octanol–water partition coefficient (Wildman–Crippen LogP) is 3.24. The van der Waals surface area contributed by atoms with E-state index in [-0.39, 0.29) is 34.7 Å². The molecule has 0 radical (unpaired) electrons. The maximum absolute atomic E-state index is 12.9. The van der Waals surface area contributed by atoms with Crippen molar-refractivity contribution in [2.24, 2.45) is 0 Å². The maximum Gasteiger partial charge on any atom is 0.335 e. The van der Waals surface area contributed by atoms with Crippen molar-refractivity contribution in [1.82, 2.24) is 19.1 Å². The first-order valence-corrected chi connectivity index (χ1v) is 14.4. The van der Waals surface area contributed by atoms with Crippen LogP contribution in [0.3, 0.4) is 0 Å². The van der Waals surface area contributed by atoms with Crippen molar-refractivity contribution >= 4 is 38.4 Å². The Kier molecular flexibility index (Phi) is 8.07. The van der Waals surface area contributed by atoms with Crippen molar-refractivity contribution in [3.8, 4) is 6.07 Å². The number of hydrogen-bond acceptors (Lipinski definition) is 9. The fraction of sp³-hybridized carbons (Fsp3) is 0.481. The quantitative estimate of drug-likeness (QED) is 0.388. The third kappa shape index (κ3) is 5.74. The van der Waals surface area contributed by atoms with E-state index in [4.69, 9.17) is 14.6 Å². The maximum atomic E-state index is 12.9. The molecule has 0 saturated carbocycles. The second-order valence-corrected chi connectivity index (χ2v) is 12.9. The average molecular weight is 571 g/mol. The van der Waals surface area contributed by atoms with Gasteiger partial charge in [-0.3, -0.25) is 9.48 Å². The number of aromatic nitrogens is 3. The first kappa shape index (κ1) is 29.3. The summed E-state index contributed by atoms with van der Waals surface area (Å²) >= 11 is 0. The summed E-state index contributed by atoms with van der Waals surface area (Å²) in [6.07, 6.45) is 1.48. The molecule has 2 aromatic heterocycles. The van der Waals surface area contributed by atoms with Crippen LogP contribution < -0.4 is 10.9 Å². The Bertz CT molecular complexity index is 1590. The van der Waals surface area contributed by atoms with Crippen LogP contribution in [-0.4, -0.2) is 65.4 Å². The van der Waals surface area contributed by atoms with Crippen molar-refractivity contribution < 1.29 is 22.7 Å². The molecule has 1 aliphatic heterocycles. The van der Waals surface area contributed by atoms with Gasteiger partial charge in [0.25, 0.3) is 5.56 Å². The molecule has 3 aromatic rings. The summed E-state index contributed by atoms with van der Waals surface area (Å²) in [6.45, 7) is 7.45. The molecule has 0 spiro atoms. The molecule has 2 N–H and O–H groups in total. The molecule has 1 aliphatic rings. The lowest BCUT2D eigenvalue weighted by Gasteiger charge is -2.39. The van der Waals surface area contributed by atoms with Crippen LogP contribution in [0.1, 0.15) is 47.0 Å². The number of nitrogens with zero attached hydrogens (tertiary/aromatic N) is 4. The number of rotatable bonds is 8. The smallest absolute Gasteiger partial charge is 0.335 e. The van der Waals surface area contributed by atoms with Gasteiger partial charge in [0.05, 0.1) is 35.0 Å². The first-order valence-electron chi connectivity index (χ1n) is 13.0. The van der Waals surface area contributed by atoms with Gasteiger partial charge < -0.3 is 19.8 Å². The van der Waals surface area contributed by atoms with Gasteiger partial charge in [0, 0.05) is 25.5 Å². The minimum atomic E-state index is -3.61. The highest BCUT2D eigenvalue weighted by atomic mass is 32.2. The number of pyridine rings is 1. The zero-order chi connectivity index (χ0) is 29.3. The van der Waals surface area contributed by atoms with Crippen LogP contribution in [-0.2, 0) is 29.8 Å². The number of ether oxygens (including phenoxy) is 2. The number of nitrogens with one attached hydrogen (secondary N) is 2. The molecule has 4 rings (SSSR count). The lowest BCUT2D eigenvalue weighted by molar-refractivity contribution is -0.176. The monoisotopic (exact) mass is 570 g/mol. The van der Waals surface area contributed by atoms with E-state index in [0.717, 1.165) is 0 Å². The Hall–Kier alpha value is -3.73. The summed E-state index contributed by atoms with van der Waals surface area (Å²) in [7, 11) is -2.10. The largest absolute Gasteiger partial charge is 0.458 e. The number of hydrogen-bond donors (Lipinski definition) is 2. The highest BCUT2D eigenvalue weighted by Crippen LogP contribution is 2.37. The zero-order valence-electron chi connectivity index (χ0n) is 23.2. The molecule has 1 fully saturated rings. The van der Waals surface area contributed by atoms with E-state index in [0.29, 0.717) is 30.6 Å². The van der Waals surface area contributed by atoms with Crippen LogP contribution >= 0.6 is 0 Å². The number of nitriles is 1. The molecule has 214 valence electrons. The highest BCUT2D eigenvalue weighted by Gasteiger charge is 2.43. The van der Waals surface area contributed by atoms with Gasteiger partial charge >= 0.3 is 5.97 Å². The van der Waals surface area contributed by atoms with Crippen LogP contribution in [0.25, 0.3) is 10.9 Å². The number of esters is 1. The standard InChI is InChI=1S/C27H34N6O6S/c1-6-32(5)40(36,37)19-9-7-18(8-10-19)30-23-22-20(12-16-29-24(22)34)33(31-23)27(14-15-28)13-11-21(38-17-27)25(35)39-26(2,3)4/h7-10,12,16,21H,6,11,13-14,17H2,1-5H3,(H,29,34)(H,30,31). The van der Waals surface area contributed by atoms with Gasteiger partial charge in [0.2, 0.25) is 10.0 Å². The molecule has 3 heterocycles. The van der Waals surface area contributed by atoms with Crippen LogP contribution in [0.2, 0.25) is 0 Å². The van der Waals surface area contributed by atoms with Crippen LogP contribution in [0.5, 0.6) is 0 Å². The minimum Gasteiger partial charge on any atom is -0.458 e. The third-order valence-electron chi connectivity index (χ3n) is 6.83. The molecule has 12 nitrogen and oxygen atoms in total. The normalized spacial score (nSPS) is 19.9. The average Bonchev–Trinajstić information content (AvgIpc) is 3.28. The molecule has 13 heteroatoms. The number of sulfonamides is 1. The zero-order valence-corrected chi connectivity index (χ0v) is 24.0. The Balaban J connectivity index is 1.68. The lowest BCUT2D eigenvalue weighted by atomic mass is 9.87. The van der Waals surface area contributed by atoms with Crippen molar-refractivity contribution in [3.05, 3.63) is 46.9 Å². The van der Waals surface area contributed by atoms with Crippen LogP contribution in [0.15, 0.2) is 46.2 Å². The number of H-pyrrole nitrogens is 1. The number of carbonyl (C=O) groups is 1. The fourth-order valence-electron chi connectivity index (χ4n) is 4.62. The molecule has 0 bridgehead atoms. The van der Waals surface area contributed by atoms with Gasteiger partial charge in [-0.15, -0.1) is 0 Å². The molecule has 1 saturated heterocycles. The molecular weight excluding hydrogens is 536 g/mol. The van der Waals surface area contributed by atoms with Crippen LogP contribution in [0, 0.1) is 11.3 Å². The summed E-state index contributed by atoms with van der Waals surface area (Å²) in [6, 6.07) is 10.1. The van der Waals surface area contributed by atoms with Gasteiger partial charge in [-0.05, 0) is 63.9 Å². The number of fused-ring (bicyclic) bond motifs is 1. The van der Waals surface area contributed by atoms with Crippen molar-refractivity contribution in [2.75, 3.05) is 25.5 Å². The third-order valence-corrected chi connectivity index (χ3v) is 8.77. The topological polar surface area (TPSA) is 159 Å². The molecule has 40 heavy (non-hydrogen) atoms. The molecule has 0 aliphatic carbocycles. The second kappa shape index (κ2) is 11.0. The fourth-order valence-corrected chi connectivity index (χ4v) is 5.80. The van der Waals surface area contributed by atoms with Crippen LogP contribution in [0.4, 0.5) is 11.5 Å². The number of anilines is 2. The lowest BCUT2D eigenvalue weighted by Crippen LogP contribution is -2.47. The van der Waals surface area contributed by atoms with E-state index in [9.17, 15) is 23.3 Å². The van der Waals surface area contributed by atoms with E-state index >= 15 is 0 Å². The Morgan fingerprint density at radius 3 is 2.60 bits per heavy atom. The minimum absolute atomic E-state index is 0.0188. The number of benzene rings is 1. The van der Waals surface area contributed by atoms with Gasteiger partial charge in [0.15, 0.2) is 11.9 Å². The molecule has 2 atom stereocenters. The SMILES string of the molecule is CCN(C)S(=O)(=O)c1ccc(Nc2nn(C3(CC#N)CCC(C(=O)OC(C)(C)C)OC3)c3cc[nH]c(=O)c23)cc1. The first-order chi connectivity index (χ1) is 18.8. The molecule has 1 aromatic carbocycles. The van der Waals surface area contributed by atoms with E-state index in [1.54, 1.807) is 50.6 Å². The van der Waals surface area contributed by atoms with E-state index < -0.39 is 33.2 Å². The highest BCUT2D eigenvalue weighted by molar-refractivity contribution is 7.89. The predicted molar refractivity (Wildman–Crippen MR) is 149 cm³/mol. The molecule has 2 unspecified atom stereocenters. The summed E-state index contributed by atoms with van der Waals surface area (Å²) in [5.41, 5.74) is -0.959. The van der Waals surface area contributed by atoms with Crippen molar-refractivity contribution in [3.63, 3.8) is 0 Å². The van der Waals surface area contributed by atoms with Gasteiger partial charge in [-0.1, -0.05) is 6.92 Å². The van der Waals surface area contributed by atoms with Gasteiger partial charge in [-0.2, -0.15) is 10.4 Å². The summed E-state index contributed by atoms with van der Waals surface area (Å²) in [5, 5.41) is 17.8. The van der Waals surface area contributed by atoms with Crippen molar-refractivity contribution in [2.45, 2.75) is 69.1 Å². The molecular formula is C27H34N6O6S. The number of aromatic amines is 1.